The second kappa shape index (κ2) is 4.03. The molecule has 3 rings (SSSR count). The molecule has 1 unspecified atom stereocenters. The summed E-state index contributed by atoms with van der Waals surface area (Å²) in [5.74, 6) is 0.679. The average Bonchev–Trinajstić information content (AvgIpc) is 2.84. The van der Waals surface area contributed by atoms with Gasteiger partial charge in [-0.15, -0.1) is 0 Å². The van der Waals surface area contributed by atoms with Crippen molar-refractivity contribution in [1.29, 1.82) is 0 Å². The van der Waals surface area contributed by atoms with Gasteiger partial charge in [0.15, 0.2) is 0 Å². The van der Waals surface area contributed by atoms with Crippen molar-refractivity contribution < 1.29 is 0 Å². The summed E-state index contributed by atoms with van der Waals surface area (Å²) in [6, 6.07) is 6.26. The Morgan fingerprint density at radius 1 is 1.47 bits per heavy atom. The molecule has 0 saturated heterocycles. The maximum atomic E-state index is 6.00. The van der Waals surface area contributed by atoms with Crippen LogP contribution in [-0.4, -0.2) is 9.78 Å². The molecule has 1 aliphatic rings. The molecule has 0 bridgehead atoms. The molecule has 1 heterocycles. The number of aryl methyl sites for hydroxylation is 1. The van der Waals surface area contributed by atoms with Crippen LogP contribution in [0.4, 0.5) is 5.82 Å². The Labute approximate surface area is 113 Å². The summed E-state index contributed by atoms with van der Waals surface area (Å²) in [4.78, 5) is 0. The van der Waals surface area contributed by atoms with Crippen molar-refractivity contribution in [2.45, 2.75) is 18.9 Å². The smallest absolute Gasteiger partial charge is 0.136 e. The first-order chi connectivity index (χ1) is 8.16. The Morgan fingerprint density at radius 2 is 2.29 bits per heavy atom. The van der Waals surface area contributed by atoms with Crippen LogP contribution in [0.15, 0.2) is 28.9 Å². The predicted molar refractivity (Wildman–Crippen MR) is 72.3 cm³/mol. The number of hydrogen-bond donors (Lipinski definition) is 1. The minimum atomic E-state index is 0.230. The lowest BCUT2D eigenvalue weighted by Crippen LogP contribution is -2.11. The van der Waals surface area contributed by atoms with E-state index in [1.165, 1.54) is 11.1 Å². The van der Waals surface area contributed by atoms with Crippen molar-refractivity contribution in [3.8, 4) is 0 Å². The second-order valence-electron chi connectivity index (χ2n) is 4.22. The summed E-state index contributed by atoms with van der Waals surface area (Å²) in [5, 5.41) is 5.12. The molecule has 1 aliphatic carbocycles. The third-order valence-electron chi connectivity index (χ3n) is 3.23. The highest BCUT2D eigenvalue weighted by molar-refractivity contribution is 9.10. The molecule has 0 radical (unpaired) electrons. The summed E-state index contributed by atoms with van der Waals surface area (Å²) in [6.45, 7) is 0. The quantitative estimate of drug-likeness (QED) is 0.877. The molecule has 2 N–H and O–H groups in total. The van der Waals surface area contributed by atoms with E-state index in [-0.39, 0.29) is 6.04 Å². The first-order valence-corrected chi connectivity index (χ1v) is 6.60. The van der Waals surface area contributed by atoms with E-state index in [0.29, 0.717) is 5.82 Å². The number of fused-ring (bicyclic) bond motifs is 1. The van der Waals surface area contributed by atoms with E-state index in [1.54, 1.807) is 6.20 Å². The second-order valence-corrected chi connectivity index (χ2v) is 5.51. The van der Waals surface area contributed by atoms with E-state index in [0.717, 1.165) is 22.3 Å². The average molecular weight is 313 g/mol. The van der Waals surface area contributed by atoms with Gasteiger partial charge < -0.3 is 5.73 Å². The van der Waals surface area contributed by atoms with E-state index in [9.17, 15) is 0 Å². The largest absolute Gasteiger partial charge is 0.383 e. The maximum absolute atomic E-state index is 6.00. The third kappa shape index (κ3) is 1.76. The highest BCUT2D eigenvalue weighted by atomic mass is 79.9. The van der Waals surface area contributed by atoms with Gasteiger partial charge in [-0.3, -0.25) is 0 Å². The third-order valence-corrected chi connectivity index (χ3v) is 4.08. The lowest BCUT2D eigenvalue weighted by Gasteiger charge is -2.14. The van der Waals surface area contributed by atoms with Gasteiger partial charge in [0.2, 0.25) is 0 Å². The van der Waals surface area contributed by atoms with Gasteiger partial charge in [-0.2, -0.15) is 5.10 Å². The van der Waals surface area contributed by atoms with Gasteiger partial charge in [0.1, 0.15) is 5.82 Å². The molecule has 1 aromatic carbocycles. The van der Waals surface area contributed by atoms with Crippen LogP contribution in [0, 0.1) is 0 Å². The molecule has 0 spiro atoms. The van der Waals surface area contributed by atoms with Crippen LogP contribution in [0.5, 0.6) is 0 Å². The zero-order valence-corrected chi connectivity index (χ0v) is 11.4. The SMILES string of the molecule is Nc1c(Br)cnn1C1CCc2cc(Cl)ccc21. The van der Waals surface area contributed by atoms with Crippen molar-refractivity contribution in [1.82, 2.24) is 9.78 Å². The molecule has 0 fully saturated rings. The summed E-state index contributed by atoms with van der Waals surface area (Å²) >= 11 is 9.38. The standard InChI is InChI=1S/C12H11BrClN3/c13-10-6-16-17(12(10)15)11-4-1-7-5-8(14)2-3-9(7)11/h2-3,5-6,11H,1,4,15H2. The van der Waals surface area contributed by atoms with Gasteiger partial charge >= 0.3 is 0 Å². The van der Waals surface area contributed by atoms with Crippen molar-refractivity contribution in [2.75, 3.05) is 5.73 Å². The van der Waals surface area contributed by atoms with E-state index < -0.39 is 0 Å². The fourth-order valence-electron chi connectivity index (χ4n) is 2.42. The summed E-state index contributed by atoms with van der Waals surface area (Å²) in [7, 11) is 0. The molecule has 0 aliphatic heterocycles. The van der Waals surface area contributed by atoms with Crippen LogP contribution >= 0.6 is 27.5 Å². The zero-order chi connectivity index (χ0) is 12.0. The fraction of sp³-hybridized carbons (Fsp3) is 0.250. The van der Waals surface area contributed by atoms with Crippen molar-refractivity contribution in [3.63, 3.8) is 0 Å². The number of nitrogen functional groups attached to an aromatic ring is 1. The summed E-state index contributed by atoms with van der Waals surface area (Å²) in [5.41, 5.74) is 8.57. The lowest BCUT2D eigenvalue weighted by atomic mass is 10.1. The number of nitrogens with two attached hydrogens (primary N) is 1. The normalized spacial score (nSPS) is 18.4. The number of aromatic nitrogens is 2. The molecule has 88 valence electrons. The molecular weight excluding hydrogens is 302 g/mol. The van der Waals surface area contributed by atoms with Gasteiger partial charge in [-0.05, 0) is 52.0 Å². The van der Waals surface area contributed by atoms with Crippen LogP contribution < -0.4 is 5.73 Å². The molecular formula is C12H11BrClN3. The van der Waals surface area contributed by atoms with Crippen LogP contribution in [0.1, 0.15) is 23.6 Å². The van der Waals surface area contributed by atoms with Crippen LogP contribution in [0.25, 0.3) is 0 Å². The van der Waals surface area contributed by atoms with Crippen LogP contribution in [0.2, 0.25) is 5.02 Å². The Hall–Kier alpha value is -1.00. The molecule has 0 amide bonds. The molecule has 3 nitrogen and oxygen atoms in total. The molecule has 5 heteroatoms. The highest BCUT2D eigenvalue weighted by Gasteiger charge is 2.26. The maximum Gasteiger partial charge on any atom is 0.136 e. The molecule has 1 atom stereocenters. The number of hydrogen-bond acceptors (Lipinski definition) is 2. The zero-order valence-electron chi connectivity index (χ0n) is 9.03. The Balaban J connectivity index is 2.07. The van der Waals surface area contributed by atoms with E-state index in [1.807, 2.05) is 16.8 Å². The van der Waals surface area contributed by atoms with Crippen LogP contribution in [-0.2, 0) is 6.42 Å². The Bertz CT molecular complexity index is 579. The molecule has 17 heavy (non-hydrogen) atoms. The van der Waals surface area contributed by atoms with Gasteiger partial charge in [0, 0.05) is 5.02 Å². The molecule has 2 aromatic rings. The summed E-state index contributed by atoms with van der Waals surface area (Å²) < 4.78 is 2.73. The van der Waals surface area contributed by atoms with Gasteiger partial charge in [0.25, 0.3) is 0 Å². The van der Waals surface area contributed by atoms with Crippen LogP contribution in [0.3, 0.4) is 0 Å². The van der Waals surface area contributed by atoms with E-state index in [4.69, 9.17) is 17.3 Å². The predicted octanol–water partition coefficient (Wildman–Crippen LogP) is 3.42. The van der Waals surface area contributed by atoms with E-state index in [2.05, 4.69) is 27.1 Å². The summed E-state index contributed by atoms with van der Waals surface area (Å²) in [6.07, 6.45) is 3.79. The van der Waals surface area contributed by atoms with Gasteiger partial charge in [-0.1, -0.05) is 17.7 Å². The number of nitrogens with zero attached hydrogens (tertiary/aromatic N) is 2. The minimum Gasteiger partial charge on any atom is -0.383 e. The molecule has 1 aromatic heterocycles. The number of rotatable bonds is 1. The highest BCUT2D eigenvalue weighted by Crippen LogP contribution is 2.37. The number of halogens is 2. The Kier molecular flexibility index (Phi) is 2.64. The number of benzene rings is 1. The van der Waals surface area contributed by atoms with Crippen molar-refractivity contribution >= 4 is 33.3 Å². The van der Waals surface area contributed by atoms with Crippen molar-refractivity contribution in [3.05, 3.63) is 45.0 Å². The minimum absolute atomic E-state index is 0.230. The topological polar surface area (TPSA) is 43.8 Å². The molecule has 0 saturated carbocycles. The van der Waals surface area contributed by atoms with Crippen molar-refractivity contribution in [2.24, 2.45) is 0 Å². The first kappa shape index (κ1) is 11.1. The monoisotopic (exact) mass is 311 g/mol. The van der Waals surface area contributed by atoms with E-state index >= 15 is 0 Å². The number of anilines is 1. The first-order valence-electron chi connectivity index (χ1n) is 5.43. The lowest BCUT2D eigenvalue weighted by molar-refractivity contribution is 0.527. The van der Waals surface area contributed by atoms with Gasteiger partial charge in [0.05, 0.1) is 16.7 Å². The Morgan fingerprint density at radius 3 is 3.00 bits per heavy atom. The van der Waals surface area contributed by atoms with Gasteiger partial charge in [-0.25, -0.2) is 4.68 Å². The fourth-order valence-corrected chi connectivity index (χ4v) is 2.88.